The number of non-ortho nitro benzene ring substituents is 1. The predicted molar refractivity (Wildman–Crippen MR) is 73.3 cm³/mol. The van der Waals surface area contributed by atoms with Gasteiger partial charge in [-0.05, 0) is 27.9 Å². The van der Waals surface area contributed by atoms with Crippen molar-refractivity contribution in [2.24, 2.45) is 11.8 Å². The second-order valence-electron chi connectivity index (χ2n) is 4.72. The van der Waals surface area contributed by atoms with E-state index in [-0.39, 0.29) is 11.6 Å². The number of hydrogen-bond donors (Lipinski definition) is 1. The topological polar surface area (TPSA) is 83.7 Å². The van der Waals surface area contributed by atoms with Gasteiger partial charge in [-0.25, -0.2) is 0 Å². The number of benzene rings is 1. The number of carbonyl (C=O) groups is 1. The highest BCUT2D eigenvalue weighted by molar-refractivity contribution is 9.10. The lowest BCUT2D eigenvalue weighted by molar-refractivity contribution is -0.384. The number of carboxylic acid groups (broad SMARTS) is 1. The summed E-state index contributed by atoms with van der Waals surface area (Å²) in [6.07, 6.45) is 0. The fourth-order valence-corrected chi connectivity index (χ4v) is 2.97. The Labute approximate surface area is 118 Å². The number of hydrogen-bond acceptors (Lipinski definition) is 4. The zero-order valence-electron chi connectivity index (χ0n) is 10.2. The van der Waals surface area contributed by atoms with Gasteiger partial charge in [0.2, 0.25) is 0 Å². The van der Waals surface area contributed by atoms with Gasteiger partial charge in [0.15, 0.2) is 0 Å². The van der Waals surface area contributed by atoms with Crippen molar-refractivity contribution >= 4 is 33.3 Å². The molecule has 0 amide bonds. The molecule has 1 saturated heterocycles. The molecule has 102 valence electrons. The first kappa shape index (κ1) is 13.8. The van der Waals surface area contributed by atoms with Crippen LogP contribution in [0.1, 0.15) is 6.92 Å². The molecule has 0 aromatic heterocycles. The SMILES string of the molecule is C[C@@H]1CN(c2ccc([N+](=O)[O-])cc2Br)C[C@H]1C(=O)O. The fourth-order valence-electron chi connectivity index (χ4n) is 2.35. The van der Waals surface area contributed by atoms with E-state index in [1.165, 1.54) is 12.1 Å². The number of halogens is 1. The van der Waals surface area contributed by atoms with Crippen molar-refractivity contribution in [3.05, 3.63) is 32.8 Å². The quantitative estimate of drug-likeness (QED) is 0.680. The molecule has 1 aliphatic rings. The molecule has 1 aromatic carbocycles. The highest BCUT2D eigenvalue weighted by atomic mass is 79.9. The van der Waals surface area contributed by atoms with E-state index < -0.39 is 16.8 Å². The summed E-state index contributed by atoms with van der Waals surface area (Å²) in [5.74, 6) is -1.14. The van der Waals surface area contributed by atoms with Crippen LogP contribution in [0.25, 0.3) is 0 Å². The minimum atomic E-state index is -0.798. The first-order valence-electron chi connectivity index (χ1n) is 5.82. The minimum absolute atomic E-state index is 0.0117. The van der Waals surface area contributed by atoms with Crippen LogP contribution < -0.4 is 4.90 Å². The second-order valence-corrected chi connectivity index (χ2v) is 5.57. The molecular formula is C12H13BrN2O4. The number of anilines is 1. The lowest BCUT2D eigenvalue weighted by Crippen LogP contribution is -2.23. The van der Waals surface area contributed by atoms with E-state index in [1.807, 2.05) is 11.8 Å². The van der Waals surface area contributed by atoms with Gasteiger partial charge in [-0.3, -0.25) is 14.9 Å². The maximum absolute atomic E-state index is 11.1. The summed E-state index contributed by atoms with van der Waals surface area (Å²) in [4.78, 5) is 23.2. The summed E-state index contributed by atoms with van der Waals surface area (Å²) in [7, 11) is 0. The molecule has 0 radical (unpaired) electrons. The van der Waals surface area contributed by atoms with Gasteiger partial charge in [-0.1, -0.05) is 6.92 Å². The lowest BCUT2D eigenvalue weighted by atomic mass is 9.99. The van der Waals surface area contributed by atoms with E-state index in [9.17, 15) is 14.9 Å². The molecule has 0 aliphatic carbocycles. The molecule has 2 atom stereocenters. The van der Waals surface area contributed by atoms with Crippen LogP contribution in [0.5, 0.6) is 0 Å². The minimum Gasteiger partial charge on any atom is -0.481 e. The molecule has 1 N–H and O–H groups in total. The second kappa shape index (κ2) is 5.16. The van der Waals surface area contributed by atoms with E-state index in [0.29, 0.717) is 17.6 Å². The Hall–Kier alpha value is -1.63. The smallest absolute Gasteiger partial charge is 0.308 e. The van der Waals surface area contributed by atoms with Crippen LogP contribution in [0.2, 0.25) is 0 Å². The zero-order chi connectivity index (χ0) is 14.2. The molecule has 0 spiro atoms. The van der Waals surface area contributed by atoms with Gasteiger partial charge < -0.3 is 10.0 Å². The predicted octanol–water partition coefficient (Wildman–Crippen LogP) is 2.51. The van der Waals surface area contributed by atoms with E-state index in [0.717, 1.165) is 5.69 Å². The van der Waals surface area contributed by atoms with Crippen LogP contribution in [-0.4, -0.2) is 29.1 Å². The number of rotatable bonds is 3. The molecule has 1 heterocycles. The number of nitrogens with zero attached hydrogens (tertiary/aromatic N) is 2. The van der Waals surface area contributed by atoms with E-state index >= 15 is 0 Å². The number of nitro groups is 1. The molecule has 19 heavy (non-hydrogen) atoms. The summed E-state index contributed by atoms with van der Waals surface area (Å²) >= 11 is 3.31. The van der Waals surface area contributed by atoms with Crippen molar-refractivity contribution in [2.45, 2.75) is 6.92 Å². The Balaban J connectivity index is 2.24. The van der Waals surface area contributed by atoms with Crippen molar-refractivity contribution in [1.82, 2.24) is 0 Å². The fraction of sp³-hybridized carbons (Fsp3) is 0.417. The molecular weight excluding hydrogens is 316 g/mol. The third-order valence-electron chi connectivity index (χ3n) is 3.41. The zero-order valence-corrected chi connectivity index (χ0v) is 11.8. The van der Waals surface area contributed by atoms with Crippen LogP contribution in [0.15, 0.2) is 22.7 Å². The summed E-state index contributed by atoms with van der Waals surface area (Å²) in [6, 6.07) is 4.52. The average molecular weight is 329 g/mol. The molecule has 1 aliphatic heterocycles. The summed E-state index contributed by atoms with van der Waals surface area (Å²) in [5, 5.41) is 19.8. The molecule has 7 heteroatoms. The Morgan fingerprint density at radius 2 is 2.21 bits per heavy atom. The summed E-state index contributed by atoms with van der Waals surface area (Å²) in [6.45, 7) is 2.96. The average Bonchev–Trinajstić information content (AvgIpc) is 2.71. The molecule has 0 saturated carbocycles. The van der Waals surface area contributed by atoms with Crippen molar-refractivity contribution in [3.63, 3.8) is 0 Å². The van der Waals surface area contributed by atoms with Crippen LogP contribution in [0, 0.1) is 22.0 Å². The van der Waals surface area contributed by atoms with E-state index in [2.05, 4.69) is 15.9 Å². The van der Waals surface area contributed by atoms with Crippen molar-refractivity contribution < 1.29 is 14.8 Å². The molecule has 6 nitrogen and oxygen atoms in total. The van der Waals surface area contributed by atoms with Gasteiger partial charge in [0.25, 0.3) is 5.69 Å². The first-order valence-corrected chi connectivity index (χ1v) is 6.61. The lowest BCUT2D eigenvalue weighted by Gasteiger charge is -2.19. The highest BCUT2D eigenvalue weighted by Crippen LogP contribution is 2.35. The van der Waals surface area contributed by atoms with Gasteiger partial charge in [0, 0.05) is 29.7 Å². The maximum Gasteiger partial charge on any atom is 0.308 e. The Morgan fingerprint density at radius 3 is 2.68 bits per heavy atom. The Bertz CT molecular complexity index is 534. The standard InChI is InChI=1S/C12H13BrN2O4/c1-7-5-14(6-9(7)12(16)17)11-3-2-8(15(18)19)4-10(11)13/h2-4,7,9H,5-6H2,1H3,(H,16,17)/t7-,9-/m1/s1. The monoisotopic (exact) mass is 328 g/mol. The third kappa shape index (κ3) is 2.70. The first-order chi connectivity index (χ1) is 8.90. The molecule has 0 unspecified atom stereocenters. The third-order valence-corrected chi connectivity index (χ3v) is 4.05. The normalized spacial score (nSPS) is 22.5. The maximum atomic E-state index is 11.1. The van der Waals surface area contributed by atoms with Gasteiger partial charge >= 0.3 is 5.97 Å². The summed E-state index contributed by atoms with van der Waals surface area (Å²) in [5.41, 5.74) is 0.804. The van der Waals surface area contributed by atoms with Crippen LogP contribution >= 0.6 is 15.9 Å². The van der Waals surface area contributed by atoms with Gasteiger partial charge in [0.05, 0.1) is 16.5 Å². The molecule has 1 aromatic rings. The van der Waals surface area contributed by atoms with Crippen molar-refractivity contribution in [2.75, 3.05) is 18.0 Å². The van der Waals surface area contributed by atoms with Crippen molar-refractivity contribution in [3.8, 4) is 0 Å². The number of nitro benzene ring substituents is 1. The van der Waals surface area contributed by atoms with Crippen LogP contribution in [0.3, 0.4) is 0 Å². The van der Waals surface area contributed by atoms with Crippen molar-refractivity contribution in [1.29, 1.82) is 0 Å². The van der Waals surface area contributed by atoms with Crippen LogP contribution in [0.4, 0.5) is 11.4 Å². The summed E-state index contributed by atoms with van der Waals surface area (Å²) < 4.78 is 0.611. The molecule has 0 bridgehead atoms. The largest absolute Gasteiger partial charge is 0.481 e. The van der Waals surface area contributed by atoms with E-state index in [1.54, 1.807) is 6.07 Å². The van der Waals surface area contributed by atoms with E-state index in [4.69, 9.17) is 5.11 Å². The van der Waals surface area contributed by atoms with Crippen LogP contribution in [-0.2, 0) is 4.79 Å². The Morgan fingerprint density at radius 1 is 1.53 bits per heavy atom. The Kier molecular flexibility index (Phi) is 3.75. The number of carboxylic acids is 1. The molecule has 2 rings (SSSR count). The highest BCUT2D eigenvalue weighted by Gasteiger charge is 2.35. The molecule has 1 fully saturated rings. The number of aliphatic carboxylic acids is 1. The van der Waals surface area contributed by atoms with Gasteiger partial charge in [-0.15, -0.1) is 0 Å². The van der Waals surface area contributed by atoms with Gasteiger partial charge in [0.1, 0.15) is 0 Å². The van der Waals surface area contributed by atoms with Gasteiger partial charge in [-0.2, -0.15) is 0 Å².